The minimum atomic E-state index is -1.41. The molecule has 7 rings (SSSR count). The molecule has 5 aliphatic carbocycles. The van der Waals surface area contributed by atoms with Crippen LogP contribution in [0.1, 0.15) is 106 Å². The summed E-state index contributed by atoms with van der Waals surface area (Å²) < 4.78 is 6.17. The van der Waals surface area contributed by atoms with Crippen LogP contribution >= 0.6 is 0 Å². The molecule has 4 saturated carbocycles. The van der Waals surface area contributed by atoms with Gasteiger partial charge >= 0.3 is 5.97 Å². The molecule has 1 aliphatic heterocycles. The normalized spacial score (nSPS) is 45.1. The summed E-state index contributed by atoms with van der Waals surface area (Å²) in [6.45, 7) is 16.3. The number of hydrogen-bond donors (Lipinski definition) is 6. The number of carbonyl (C=O) groups excluding carboxylic acids is 2. The van der Waals surface area contributed by atoms with E-state index >= 15 is 0 Å². The Labute approximate surface area is 300 Å². The van der Waals surface area contributed by atoms with E-state index in [9.17, 15) is 35.1 Å². The molecule has 1 aromatic heterocycles. The topological polar surface area (TPSA) is 187 Å². The Morgan fingerprint density at radius 3 is 2.45 bits per heavy atom. The van der Waals surface area contributed by atoms with Crippen molar-refractivity contribution in [1.29, 1.82) is 0 Å². The third-order valence-corrected chi connectivity index (χ3v) is 16.1. The molecule has 51 heavy (non-hydrogen) atoms. The summed E-state index contributed by atoms with van der Waals surface area (Å²) in [4.78, 5) is 26.2. The van der Waals surface area contributed by atoms with Crippen molar-refractivity contribution in [3.8, 4) is 0 Å². The highest BCUT2D eigenvalue weighted by Gasteiger charge is 2.71. The van der Waals surface area contributed by atoms with Gasteiger partial charge in [0.2, 0.25) is 11.7 Å². The summed E-state index contributed by atoms with van der Waals surface area (Å²) in [5.74, 6) is -1.62. The average molecular weight is 711 g/mol. The maximum absolute atomic E-state index is 14.6. The molecule has 0 unspecified atom stereocenters. The van der Waals surface area contributed by atoms with E-state index in [0.29, 0.717) is 36.3 Å². The fourth-order valence-corrected chi connectivity index (χ4v) is 12.8. The van der Waals surface area contributed by atoms with Crippen LogP contribution in [0.3, 0.4) is 0 Å². The van der Waals surface area contributed by atoms with Gasteiger partial charge in [0.05, 0.1) is 36.9 Å². The molecule has 6 N–H and O–H groups in total. The number of ether oxygens (including phenoxy) is 1. The maximum Gasteiger partial charge on any atom is 0.377 e. The lowest BCUT2D eigenvalue weighted by atomic mass is 9.33. The van der Waals surface area contributed by atoms with Crippen molar-refractivity contribution in [2.75, 3.05) is 0 Å². The Hall–Kier alpha value is -2.96. The van der Waals surface area contributed by atoms with E-state index in [-0.39, 0.29) is 58.6 Å². The number of fused-ring (bicyclic) bond motifs is 7. The van der Waals surface area contributed by atoms with Gasteiger partial charge in [-0.1, -0.05) is 65.3 Å². The molecule has 6 aliphatic rings. The van der Waals surface area contributed by atoms with Crippen molar-refractivity contribution in [3.63, 3.8) is 0 Å². The van der Waals surface area contributed by atoms with Gasteiger partial charge < -0.3 is 35.6 Å². The van der Waals surface area contributed by atoms with Gasteiger partial charge in [0.15, 0.2) is 11.9 Å². The average Bonchev–Trinajstić information content (AvgIpc) is 3.62. The summed E-state index contributed by atoms with van der Waals surface area (Å²) in [7, 11) is 0. The van der Waals surface area contributed by atoms with Crippen molar-refractivity contribution in [2.24, 2.45) is 56.7 Å². The highest BCUT2D eigenvalue weighted by atomic mass is 16.6. The zero-order chi connectivity index (χ0) is 37.1. The smallest absolute Gasteiger partial charge is 0.377 e. The summed E-state index contributed by atoms with van der Waals surface area (Å²) in [5, 5.41) is 64.9. The highest BCUT2D eigenvalue weighted by Crippen LogP contribution is 2.75. The minimum absolute atomic E-state index is 0.0596. The second-order valence-corrected chi connectivity index (χ2v) is 18.5. The zero-order valence-electron chi connectivity index (χ0n) is 31.2. The Morgan fingerprint density at radius 2 is 1.76 bits per heavy atom. The van der Waals surface area contributed by atoms with Gasteiger partial charge in [-0.3, -0.25) is 4.79 Å². The molecule has 13 atom stereocenters. The van der Waals surface area contributed by atoms with Crippen LogP contribution in [0.5, 0.6) is 0 Å². The standard InChI is InChI=1S/C39H58N4O8/c1-20-10-15-39(34(50)40-17-22-18-43(42-41-22)19-24(44)32-30(47)31(48)33(49)51-32)28(46)16-38(7)23(29(39)21(20)2)8-9-26-36(5)13-12-27(45)35(3,4)25(36)11-14-37(26,38)6/h8,18,20-21,24-29,32,44-48H,9-17,19H2,1-7H3,(H,40,50)/t20-,21+,24+,25+,26-,27+,28-,29+,32-,36+,37-,38-,39+/m1/s1. The predicted octanol–water partition coefficient (Wildman–Crippen LogP) is 4.50. The second kappa shape index (κ2) is 12.0. The molecule has 12 nitrogen and oxygen atoms in total. The van der Waals surface area contributed by atoms with Crippen LogP contribution in [0.15, 0.2) is 29.4 Å². The third kappa shape index (κ3) is 5.01. The van der Waals surface area contributed by atoms with Gasteiger partial charge in [0.25, 0.3) is 0 Å². The third-order valence-electron chi connectivity index (χ3n) is 16.1. The maximum atomic E-state index is 14.6. The van der Waals surface area contributed by atoms with Crippen LogP contribution in [0.25, 0.3) is 0 Å². The van der Waals surface area contributed by atoms with Crippen LogP contribution in [-0.2, 0) is 27.4 Å². The first-order valence-corrected chi connectivity index (χ1v) is 19.1. The van der Waals surface area contributed by atoms with Crippen molar-refractivity contribution in [2.45, 2.75) is 137 Å². The van der Waals surface area contributed by atoms with Gasteiger partial charge in [-0.25, -0.2) is 9.48 Å². The molecule has 0 bridgehead atoms. The molecule has 2 heterocycles. The molecule has 0 aromatic carbocycles. The van der Waals surface area contributed by atoms with Crippen molar-refractivity contribution in [3.05, 3.63) is 35.1 Å². The van der Waals surface area contributed by atoms with E-state index in [1.165, 1.54) is 10.3 Å². The number of esters is 1. The molecule has 282 valence electrons. The largest absolute Gasteiger partial charge is 0.505 e. The number of aromatic nitrogens is 3. The molecule has 1 aromatic rings. The van der Waals surface area contributed by atoms with Crippen molar-refractivity contribution in [1.82, 2.24) is 20.3 Å². The number of nitrogens with one attached hydrogen (secondary N) is 1. The minimum Gasteiger partial charge on any atom is -0.505 e. The highest BCUT2D eigenvalue weighted by molar-refractivity contribution is 5.89. The number of allylic oxidation sites excluding steroid dienone is 2. The first kappa shape index (κ1) is 36.4. The summed E-state index contributed by atoms with van der Waals surface area (Å²) in [6.07, 6.45) is 6.96. The zero-order valence-corrected chi connectivity index (χ0v) is 31.2. The Balaban J connectivity index is 1.14. The molecule has 12 heteroatoms. The Bertz CT molecular complexity index is 1650. The summed E-state index contributed by atoms with van der Waals surface area (Å²) in [6, 6.07) is 0. The van der Waals surface area contributed by atoms with Crippen molar-refractivity contribution < 1.29 is 39.9 Å². The van der Waals surface area contributed by atoms with Gasteiger partial charge in [-0.15, -0.1) is 5.10 Å². The van der Waals surface area contributed by atoms with E-state index in [0.717, 1.165) is 38.5 Å². The number of amides is 1. The summed E-state index contributed by atoms with van der Waals surface area (Å²) >= 11 is 0. The molecule has 0 radical (unpaired) electrons. The quantitative estimate of drug-likeness (QED) is 0.181. The van der Waals surface area contributed by atoms with Crippen LogP contribution in [0, 0.1) is 56.7 Å². The molecule has 0 saturated heterocycles. The van der Waals surface area contributed by atoms with E-state index in [2.05, 4.69) is 70.2 Å². The van der Waals surface area contributed by atoms with Crippen LogP contribution < -0.4 is 5.32 Å². The summed E-state index contributed by atoms with van der Waals surface area (Å²) in [5.41, 5.74) is 0.413. The number of aliphatic hydroxyl groups excluding tert-OH is 5. The fourth-order valence-electron chi connectivity index (χ4n) is 12.8. The van der Waals surface area contributed by atoms with Gasteiger partial charge in [0, 0.05) is 5.92 Å². The Kier molecular flexibility index (Phi) is 8.59. The first-order chi connectivity index (χ1) is 23.8. The Morgan fingerprint density at radius 1 is 1.04 bits per heavy atom. The number of hydrogen-bond acceptors (Lipinski definition) is 10. The fraction of sp³-hybridized carbons (Fsp3) is 0.795. The molecular formula is C39H58N4O8. The number of cyclic esters (lactones) is 1. The van der Waals surface area contributed by atoms with E-state index in [1.807, 2.05) is 0 Å². The first-order valence-electron chi connectivity index (χ1n) is 19.1. The predicted molar refractivity (Wildman–Crippen MR) is 186 cm³/mol. The molecular weight excluding hydrogens is 652 g/mol. The van der Waals surface area contributed by atoms with Gasteiger partial charge in [-0.2, -0.15) is 0 Å². The van der Waals surface area contributed by atoms with E-state index < -0.39 is 41.2 Å². The SMILES string of the molecule is C[C@H]1[C@H](C)CC[C@]2(C(=O)NCc3cn(C[C@H](O)[C@H]4OC(=O)C(O)=C4O)nn3)[C@H](O)C[C@]3(C)C(=CC[C@@H]4[C@@]5(C)CC[C@H](O)C(C)(C)[C@@H]5CC[C@]43C)[C@H]12. The van der Waals surface area contributed by atoms with Crippen LogP contribution in [0.4, 0.5) is 0 Å². The van der Waals surface area contributed by atoms with Gasteiger partial charge in [-0.05, 0) is 96.7 Å². The number of rotatable bonds is 6. The molecule has 4 fully saturated rings. The molecule has 1 amide bonds. The van der Waals surface area contributed by atoms with Gasteiger partial charge in [0.1, 0.15) is 11.8 Å². The number of nitrogens with zero attached hydrogens (tertiary/aromatic N) is 3. The van der Waals surface area contributed by atoms with Crippen molar-refractivity contribution >= 4 is 11.9 Å². The number of aliphatic hydroxyl groups is 5. The lowest BCUT2D eigenvalue weighted by Gasteiger charge is -2.72. The van der Waals surface area contributed by atoms with E-state index in [1.54, 1.807) is 6.20 Å². The lowest BCUT2D eigenvalue weighted by molar-refractivity contribution is -0.216. The lowest BCUT2D eigenvalue weighted by Crippen LogP contribution is -2.69. The molecule has 0 spiro atoms. The monoisotopic (exact) mass is 710 g/mol. The van der Waals surface area contributed by atoms with Crippen LogP contribution in [-0.4, -0.2) is 76.8 Å². The second-order valence-electron chi connectivity index (χ2n) is 18.5. The van der Waals surface area contributed by atoms with E-state index in [4.69, 9.17) is 4.74 Å². The van der Waals surface area contributed by atoms with Crippen LogP contribution in [0.2, 0.25) is 0 Å². The number of carbonyl (C=O) groups is 2.